The molecule has 1 N–H and O–H groups in total. The van der Waals surface area contributed by atoms with Crippen molar-refractivity contribution in [2.75, 3.05) is 12.4 Å². The molecule has 0 radical (unpaired) electrons. The molecule has 1 unspecified atom stereocenters. The number of methoxy groups -OCH3 is 1. The van der Waals surface area contributed by atoms with Crippen LogP contribution < -0.4 is 10.1 Å². The van der Waals surface area contributed by atoms with E-state index in [-0.39, 0.29) is 10.7 Å². The first-order valence-electron chi connectivity index (χ1n) is 4.87. The number of ether oxygens (including phenoxy) is 1. The van der Waals surface area contributed by atoms with Gasteiger partial charge in [0.2, 0.25) is 5.91 Å². The molecule has 16 heavy (non-hydrogen) atoms. The van der Waals surface area contributed by atoms with Gasteiger partial charge in [-0.05, 0) is 34.5 Å². The maximum Gasteiger partial charge on any atom is 0.238 e. The summed E-state index contributed by atoms with van der Waals surface area (Å²) in [6.07, 6.45) is 0.750. The molecule has 0 saturated heterocycles. The highest BCUT2D eigenvalue weighted by atomic mass is 79.9. The Morgan fingerprint density at radius 2 is 2.25 bits per heavy atom. The Hall–Kier alpha value is -0.550. The summed E-state index contributed by atoms with van der Waals surface area (Å²) < 4.78 is 6.00. The first-order chi connectivity index (χ1) is 7.58. The third-order valence-electron chi connectivity index (χ3n) is 2.06. The van der Waals surface area contributed by atoms with Crippen molar-refractivity contribution >= 4 is 43.5 Å². The van der Waals surface area contributed by atoms with E-state index in [1.165, 1.54) is 0 Å². The number of hydrogen-bond donors (Lipinski definition) is 1. The summed E-state index contributed by atoms with van der Waals surface area (Å²) in [6, 6.07) is 5.43. The minimum Gasteiger partial charge on any atom is -0.495 e. The fraction of sp³-hybridized carbons (Fsp3) is 0.364. The molecule has 1 rings (SSSR count). The van der Waals surface area contributed by atoms with E-state index in [2.05, 4.69) is 37.2 Å². The lowest BCUT2D eigenvalue weighted by molar-refractivity contribution is -0.115. The van der Waals surface area contributed by atoms with E-state index in [4.69, 9.17) is 4.74 Å². The smallest absolute Gasteiger partial charge is 0.238 e. The normalized spacial score (nSPS) is 12.0. The molecule has 1 aromatic carbocycles. The van der Waals surface area contributed by atoms with E-state index >= 15 is 0 Å². The van der Waals surface area contributed by atoms with Crippen LogP contribution in [-0.2, 0) is 4.79 Å². The molecule has 88 valence electrons. The van der Waals surface area contributed by atoms with Gasteiger partial charge in [-0.15, -0.1) is 0 Å². The zero-order valence-corrected chi connectivity index (χ0v) is 12.3. The molecular weight excluding hydrogens is 338 g/mol. The first-order valence-corrected chi connectivity index (χ1v) is 6.57. The van der Waals surface area contributed by atoms with Crippen LogP contribution in [0.3, 0.4) is 0 Å². The Labute approximate surface area is 112 Å². The molecule has 0 bridgehead atoms. The highest BCUT2D eigenvalue weighted by molar-refractivity contribution is 9.10. The maximum absolute atomic E-state index is 11.6. The van der Waals surface area contributed by atoms with Crippen molar-refractivity contribution in [3.8, 4) is 5.75 Å². The van der Waals surface area contributed by atoms with E-state index in [0.717, 1.165) is 16.6 Å². The number of carbonyl (C=O) groups is 1. The fourth-order valence-corrected chi connectivity index (χ4v) is 1.67. The van der Waals surface area contributed by atoms with Gasteiger partial charge in [0.1, 0.15) is 5.75 Å². The number of hydrogen-bond acceptors (Lipinski definition) is 2. The Kier molecular flexibility index (Phi) is 5.28. The number of carbonyl (C=O) groups excluding carboxylic acids is 1. The Morgan fingerprint density at radius 3 is 2.81 bits per heavy atom. The van der Waals surface area contributed by atoms with Crippen LogP contribution in [0.2, 0.25) is 0 Å². The molecule has 0 spiro atoms. The third kappa shape index (κ3) is 3.49. The lowest BCUT2D eigenvalue weighted by Gasteiger charge is -2.10. The molecule has 3 nitrogen and oxygen atoms in total. The summed E-state index contributed by atoms with van der Waals surface area (Å²) in [5, 5.41) is 2.81. The molecule has 1 amide bonds. The molecule has 0 heterocycles. The van der Waals surface area contributed by atoms with Gasteiger partial charge in [0.25, 0.3) is 0 Å². The van der Waals surface area contributed by atoms with Gasteiger partial charge < -0.3 is 10.1 Å². The minimum absolute atomic E-state index is 0.0492. The second-order valence-corrected chi connectivity index (χ2v) is 5.17. The van der Waals surface area contributed by atoms with Gasteiger partial charge in [0, 0.05) is 11.8 Å². The summed E-state index contributed by atoms with van der Waals surface area (Å²) >= 11 is 6.65. The van der Waals surface area contributed by atoms with Crippen LogP contribution >= 0.6 is 31.9 Å². The first kappa shape index (κ1) is 13.5. The number of halogens is 2. The summed E-state index contributed by atoms with van der Waals surface area (Å²) in [7, 11) is 1.59. The van der Waals surface area contributed by atoms with Gasteiger partial charge >= 0.3 is 0 Å². The standard InChI is InChI=1S/C11H13Br2NO2/c1-3-8(12)11(15)14-7-4-5-9(13)10(6-7)16-2/h4-6,8H,3H2,1-2H3,(H,14,15). The largest absolute Gasteiger partial charge is 0.495 e. The van der Waals surface area contributed by atoms with Crippen molar-refractivity contribution in [3.05, 3.63) is 22.7 Å². The van der Waals surface area contributed by atoms with Gasteiger partial charge in [-0.3, -0.25) is 4.79 Å². The average molecular weight is 351 g/mol. The van der Waals surface area contributed by atoms with Crippen molar-refractivity contribution in [1.29, 1.82) is 0 Å². The lowest BCUT2D eigenvalue weighted by atomic mass is 10.2. The quantitative estimate of drug-likeness (QED) is 0.843. The molecule has 0 aliphatic rings. The SMILES string of the molecule is CCC(Br)C(=O)Nc1ccc(Br)c(OC)c1. The number of rotatable bonds is 4. The van der Waals surface area contributed by atoms with Crippen molar-refractivity contribution in [3.63, 3.8) is 0 Å². The van der Waals surface area contributed by atoms with Crippen LogP contribution in [0.15, 0.2) is 22.7 Å². The predicted molar refractivity (Wildman–Crippen MR) is 72.3 cm³/mol. The monoisotopic (exact) mass is 349 g/mol. The second kappa shape index (κ2) is 6.25. The molecule has 0 fully saturated rings. The second-order valence-electron chi connectivity index (χ2n) is 3.21. The van der Waals surface area contributed by atoms with Gasteiger partial charge in [-0.25, -0.2) is 0 Å². The number of benzene rings is 1. The Balaban J connectivity index is 2.78. The van der Waals surface area contributed by atoms with Gasteiger partial charge in [-0.1, -0.05) is 22.9 Å². The highest BCUT2D eigenvalue weighted by Crippen LogP contribution is 2.28. The van der Waals surface area contributed by atoms with Crippen molar-refractivity contribution < 1.29 is 9.53 Å². The van der Waals surface area contributed by atoms with Crippen LogP contribution in [-0.4, -0.2) is 17.8 Å². The van der Waals surface area contributed by atoms with Gasteiger partial charge in [-0.2, -0.15) is 0 Å². The summed E-state index contributed by atoms with van der Waals surface area (Å²) in [5.74, 6) is 0.646. The molecule has 0 aliphatic carbocycles. The van der Waals surface area contributed by atoms with E-state index in [9.17, 15) is 4.79 Å². The molecule has 1 atom stereocenters. The Bertz CT molecular complexity index is 382. The van der Waals surface area contributed by atoms with Gasteiger partial charge in [0.05, 0.1) is 16.4 Å². The van der Waals surface area contributed by atoms with E-state index in [1.807, 2.05) is 19.1 Å². The number of alkyl halides is 1. The topological polar surface area (TPSA) is 38.3 Å². The van der Waals surface area contributed by atoms with Crippen LogP contribution in [0.25, 0.3) is 0 Å². The number of anilines is 1. The van der Waals surface area contributed by atoms with E-state index < -0.39 is 0 Å². The van der Waals surface area contributed by atoms with Crippen LogP contribution in [0.1, 0.15) is 13.3 Å². The van der Waals surface area contributed by atoms with Crippen LogP contribution in [0, 0.1) is 0 Å². The van der Waals surface area contributed by atoms with Crippen molar-refractivity contribution in [2.45, 2.75) is 18.2 Å². The minimum atomic E-state index is -0.165. The number of amides is 1. The molecule has 0 saturated carbocycles. The van der Waals surface area contributed by atoms with Crippen LogP contribution in [0.4, 0.5) is 5.69 Å². The van der Waals surface area contributed by atoms with Crippen LogP contribution in [0.5, 0.6) is 5.75 Å². The molecular formula is C11H13Br2NO2. The molecule has 0 aliphatic heterocycles. The third-order valence-corrected chi connectivity index (χ3v) is 3.78. The predicted octanol–water partition coefficient (Wildman–Crippen LogP) is 3.57. The number of nitrogens with one attached hydrogen (secondary N) is 1. The zero-order valence-electron chi connectivity index (χ0n) is 9.09. The lowest BCUT2D eigenvalue weighted by Crippen LogP contribution is -2.21. The maximum atomic E-state index is 11.6. The fourth-order valence-electron chi connectivity index (χ4n) is 1.14. The summed E-state index contributed by atoms with van der Waals surface area (Å²) in [5.41, 5.74) is 0.725. The Morgan fingerprint density at radius 1 is 1.56 bits per heavy atom. The van der Waals surface area contributed by atoms with E-state index in [1.54, 1.807) is 13.2 Å². The van der Waals surface area contributed by atoms with Crippen molar-refractivity contribution in [1.82, 2.24) is 0 Å². The molecule has 5 heteroatoms. The summed E-state index contributed by atoms with van der Waals surface area (Å²) in [6.45, 7) is 1.95. The average Bonchev–Trinajstić information content (AvgIpc) is 2.30. The molecule has 0 aromatic heterocycles. The molecule has 1 aromatic rings. The highest BCUT2D eigenvalue weighted by Gasteiger charge is 2.12. The van der Waals surface area contributed by atoms with Gasteiger partial charge in [0.15, 0.2) is 0 Å². The van der Waals surface area contributed by atoms with Crippen molar-refractivity contribution in [2.24, 2.45) is 0 Å². The van der Waals surface area contributed by atoms with E-state index in [0.29, 0.717) is 5.75 Å². The summed E-state index contributed by atoms with van der Waals surface area (Å²) in [4.78, 5) is 11.5. The zero-order chi connectivity index (χ0) is 12.1.